The van der Waals surface area contributed by atoms with Crippen molar-refractivity contribution in [1.29, 1.82) is 0 Å². The minimum atomic E-state index is -0.965. The highest BCUT2D eigenvalue weighted by molar-refractivity contribution is 5.94. The summed E-state index contributed by atoms with van der Waals surface area (Å²) in [6.07, 6.45) is 9.09. The molecular formula is C56H48F2O8. The van der Waals surface area contributed by atoms with Gasteiger partial charge in [0.15, 0.2) is 23.1 Å². The van der Waals surface area contributed by atoms with E-state index in [1.807, 2.05) is 24.3 Å². The molecule has 0 amide bonds. The van der Waals surface area contributed by atoms with E-state index in [1.54, 1.807) is 48.5 Å². The summed E-state index contributed by atoms with van der Waals surface area (Å²) in [7, 11) is 0. The van der Waals surface area contributed by atoms with Gasteiger partial charge >= 0.3 is 23.9 Å². The molecule has 0 aromatic heterocycles. The Balaban J connectivity index is 0.895. The van der Waals surface area contributed by atoms with E-state index in [9.17, 15) is 19.2 Å². The molecule has 0 heterocycles. The Morgan fingerprint density at radius 2 is 0.712 bits per heavy atom. The van der Waals surface area contributed by atoms with Gasteiger partial charge in [0.2, 0.25) is 0 Å². The van der Waals surface area contributed by atoms with Crippen LogP contribution in [0.5, 0.6) is 23.0 Å². The number of carbonyl (C=O) groups is 4. The molecular weight excluding hydrogens is 839 g/mol. The van der Waals surface area contributed by atoms with Gasteiger partial charge in [0.1, 0.15) is 11.5 Å². The molecule has 7 aromatic carbocycles. The molecule has 0 bridgehead atoms. The lowest BCUT2D eigenvalue weighted by molar-refractivity contribution is 0.0716. The molecule has 0 spiro atoms. The van der Waals surface area contributed by atoms with Gasteiger partial charge in [0.05, 0.1) is 22.3 Å². The van der Waals surface area contributed by atoms with Gasteiger partial charge in [-0.2, -0.15) is 0 Å². The van der Waals surface area contributed by atoms with E-state index in [4.69, 9.17) is 18.9 Å². The Bertz CT molecular complexity index is 2610. The number of esters is 4. The Hall–Kier alpha value is -7.72. The monoisotopic (exact) mass is 886 g/mol. The number of aryl methyl sites for hydroxylation is 2. The normalized spacial score (nSPS) is 10.8. The lowest BCUT2D eigenvalue weighted by atomic mass is 10.0. The van der Waals surface area contributed by atoms with Crippen LogP contribution in [-0.4, -0.2) is 23.9 Å². The summed E-state index contributed by atoms with van der Waals surface area (Å²) >= 11 is 0. The molecule has 0 atom stereocenters. The zero-order valence-electron chi connectivity index (χ0n) is 36.7. The minimum Gasteiger partial charge on any atom is -0.423 e. The van der Waals surface area contributed by atoms with E-state index >= 15 is 8.78 Å². The van der Waals surface area contributed by atoms with Crippen LogP contribution >= 0.6 is 0 Å². The molecule has 7 rings (SSSR count). The number of hydrogen-bond donors (Lipinski definition) is 0. The number of halogens is 2. The van der Waals surface area contributed by atoms with Crippen molar-refractivity contribution in [2.45, 2.75) is 65.2 Å². The topological polar surface area (TPSA) is 105 Å². The first-order valence-electron chi connectivity index (χ1n) is 22.0. The van der Waals surface area contributed by atoms with Crippen LogP contribution in [0.1, 0.15) is 105 Å². The summed E-state index contributed by atoms with van der Waals surface area (Å²) in [5.41, 5.74) is 6.47. The number of ether oxygens (including phenoxy) is 4. The van der Waals surface area contributed by atoms with Crippen molar-refractivity contribution in [3.63, 3.8) is 0 Å². The summed E-state index contributed by atoms with van der Waals surface area (Å²) in [5.74, 6) is -6.19. The molecule has 0 saturated carbocycles. The lowest BCUT2D eigenvalue weighted by Crippen LogP contribution is -2.12. The van der Waals surface area contributed by atoms with Crippen LogP contribution in [0.4, 0.5) is 8.78 Å². The van der Waals surface area contributed by atoms with Gasteiger partial charge in [0, 0.05) is 6.07 Å². The summed E-state index contributed by atoms with van der Waals surface area (Å²) in [6.45, 7) is 4.36. The average Bonchev–Trinajstić information content (AvgIpc) is 3.33. The molecule has 0 N–H and O–H groups in total. The van der Waals surface area contributed by atoms with Crippen LogP contribution in [0.2, 0.25) is 0 Å². The number of rotatable bonds is 18. The third-order valence-corrected chi connectivity index (χ3v) is 10.9. The molecule has 66 heavy (non-hydrogen) atoms. The maximum absolute atomic E-state index is 15.1. The van der Waals surface area contributed by atoms with Crippen molar-refractivity contribution in [1.82, 2.24) is 0 Å². The van der Waals surface area contributed by atoms with E-state index < -0.39 is 35.5 Å². The Morgan fingerprint density at radius 3 is 1.06 bits per heavy atom. The quantitative estimate of drug-likeness (QED) is 0.0477. The molecule has 10 heteroatoms. The van der Waals surface area contributed by atoms with Crippen LogP contribution in [-0.2, 0) is 12.8 Å². The van der Waals surface area contributed by atoms with Crippen LogP contribution in [0.25, 0.3) is 22.3 Å². The first-order valence-corrected chi connectivity index (χ1v) is 22.0. The van der Waals surface area contributed by atoms with Crippen molar-refractivity contribution in [2.24, 2.45) is 0 Å². The smallest absolute Gasteiger partial charge is 0.343 e. The fourth-order valence-corrected chi connectivity index (χ4v) is 7.16. The Labute approximate surface area is 382 Å². The molecule has 0 radical (unpaired) electrons. The highest BCUT2D eigenvalue weighted by Crippen LogP contribution is 2.28. The van der Waals surface area contributed by atoms with E-state index in [0.29, 0.717) is 0 Å². The SMILES string of the molecule is CCCCCc1ccc(-c2ccc(C(=O)Oc3ccc(C(=O)Oc4cccc(OC(=O)c5ccc(OC(=O)c6ccc(-c7ccc(CCCCC)cc7)cc6)c(F)c5)c4)cc3F)cc2)cc1. The van der Waals surface area contributed by atoms with Crippen LogP contribution in [0.3, 0.4) is 0 Å². The predicted molar refractivity (Wildman–Crippen MR) is 249 cm³/mol. The first kappa shape index (κ1) is 46.3. The maximum atomic E-state index is 15.1. The molecule has 8 nitrogen and oxygen atoms in total. The van der Waals surface area contributed by atoms with Crippen molar-refractivity contribution >= 4 is 23.9 Å². The first-order chi connectivity index (χ1) is 32.1. The molecule has 0 unspecified atom stereocenters. The maximum Gasteiger partial charge on any atom is 0.343 e. The van der Waals surface area contributed by atoms with Gasteiger partial charge in [-0.25, -0.2) is 28.0 Å². The van der Waals surface area contributed by atoms with Crippen molar-refractivity contribution in [3.05, 3.63) is 203 Å². The molecule has 334 valence electrons. The second-order valence-corrected chi connectivity index (χ2v) is 15.8. The van der Waals surface area contributed by atoms with Crippen LogP contribution in [0.15, 0.2) is 158 Å². The van der Waals surface area contributed by atoms with Crippen molar-refractivity contribution in [3.8, 4) is 45.3 Å². The van der Waals surface area contributed by atoms with Gasteiger partial charge in [-0.05, 0) is 132 Å². The molecule has 7 aromatic rings. The molecule has 0 aliphatic heterocycles. The van der Waals surface area contributed by atoms with Crippen molar-refractivity contribution < 1.29 is 46.9 Å². The predicted octanol–water partition coefficient (Wildman–Crippen LogP) is 13.6. The van der Waals surface area contributed by atoms with Gasteiger partial charge in [0.25, 0.3) is 0 Å². The van der Waals surface area contributed by atoms with Gasteiger partial charge < -0.3 is 18.9 Å². The lowest BCUT2D eigenvalue weighted by Gasteiger charge is -2.10. The van der Waals surface area contributed by atoms with Gasteiger partial charge in [-0.15, -0.1) is 0 Å². The van der Waals surface area contributed by atoms with E-state index in [0.717, 1.165) is 72.2 Å². The van der Waals surface area contributed by atoms with Gasteiger partial charge in [-0.1, -0.05) is 118 Å². The highest BCUT2D eigenvalue weighted by Gasteiger charge is 2.19. The second kappa shape index (κ2) is 22.3. The molecule has 0 aliphatic rings. The highest BCUT2D eigenvalue weighted by atomic mass is 19.1. The van der Waals surface area contributed by atoms with E-state index in [2.05, 4.69) is 38.1 Å². The summed E-state index contributed by atoms with van der Waals surface area (Å²) in [5, 5.41) is 0. The molecule has 0 aliphatic carbocycles. The summed E-state index contributed by atoms with van der Waals surface area (Å²) in [4.78, 5) is 51.7. The third kappa shape index (κ3) is 12.3. The Morgan fingerprint density at radius 1 is 0.379 bits per heavy atom. The van der Waals surface area contributed by atoms with Crippen LogP contribution in [0, 0.1) is 11.6 Å². The number of unbranched alkanes of at least 4 members (excludes halogenated alkanes) is 4. The minimum absolute atomic E-state index is 0.0373. The van der Waals surface area contributed by atoms with Crippen molar-refractivity contribution in [2.75, 3.05) is 0 Å². The van der Waals surface area contributed by atoms with E-state index in [-0.39, 0.29) is 45.3 Å². The second-order valence-electron chi connectivity index (χ2n) is 15.8. The average molecular weight is 887 g/mol. The molecule has 0 saturated heterocycles. The number of carbonyl (C=O) groups excluding carboxylic acids is 4. The van der Waals surface area contributed by atoms with Crippen LogP contribution < -0.4 is 18.9 Å². The summed E-state index contributed by atoms with van der Waals surface area (Å²) in [6, 6.07) is 42.3. The standard InChI is InChI=1S/C56H48F2O8/c1-3-5-7-10-37-14-18-39(19-15-37)41-22-26-43(27-23-41)53(59)65-51-32-30-45(34-49(51)57)55(61)63-47-12-9-13-48(36-47)64-56(62)46-31-33-52(50(58)35-46)66-54(60)44-28-24-42(25-29-44)40-20-16-38(17-21-40)11-8-6-4-2/h9,12-36H,3-8,10-11H2,1-2H3. The van der Waals surface area contributed by atoms with Gasteiger partial charge in [-0.3, -0.25) is 0 Å². The molecule has 0 fully saturated rings. The van der Waals surface area contributed by atoms with E-state index in [1.165, 1.54) is 73.2 Å². The number of hydrogen-bond acceptors (Lipinski definition) is 8. The summed E-state index contributed by atoms with van der Waals surface area (Å²) < 4.78 is 51.6. The fourth-order valence-electron chi connectivity index (χ4n) is 7.16. The zero-order valence-corrected chi connectivity index (χ0v) is 36.7. The largest absolute Gasteiger partial charge is 0.423 e. The fraction of sp³-hybridized carbons (Fsp3) is 0.179. The third-order valence-electron chi connectivity index (χ3n) is 10.9. The zero-order chi connectivity index (χ0) is 46.4. The number of benzene rings is 7. The Kier molecular flexibility index (Phi) is 15.6.